The zero-order chi connectivity index (χ0) is 18.7. The molecule has 0 spiro atoms. The molecule has 0 bridgehead atoms. The van der Waals surface area contributed by atoms with E-state index in [2.05, 4.69) is 107 Å². The van der Waals surface area contributed by atoms with Gasteiger partial charge in [0.2, 0.25) is 0 Å². The van der Waals surface area contributed by atoms with Crippen molar-refractivity contribution in [1.82, 2.24) is 0 Å². The Bertz CT molecular complexity index is 648. The van der Waals surface area contributed by atoms with E-state index in [1.807, 2.05) is 0 Å². The third-order valence-corrected chi connectivity index (χ3v) is 4.71. The van der Waals surface area contributed by atoms with Gasteiger partial charge in [-0.3, -0.25) is 0 Å². The van der Waals surface area contributed by atoms with Crippen molar-refractivity contribution in [1.29, 1.82) is 0 Å². The van der Waals surface area contributed by atoms with Gasteiger partial charge in [-0.15, -0.1) is 0 Å². The number of nitrogens with zero attached hydrogens (tertiary/aromatic N) is 2. The zero-order valence-corrected chi connectivity index (χ0v) is 17.6. The van der Waals surface area contributed by atoms with Gasteiger partial charge in [-0.05, 0) is 63.8 Å². The molecule has 0 radical (unpaired) electrons. The summed E-state index contributed by atoms with van der Waals surface area (Å²) in [5.41, 5.74) is 10.8. The Labute approximate surface area is 165 Å². The van der Waals surface area contributed by atoms with Gasteiger partial charge >= 0.3 is 25.2 Å². The Hall–Kier alpha value is -1.15. The maximum absolute atomic E-state index is 4.20. The molecule has 1 fully saturated rings. The predicted octanol–water partition coefficient (Wildman–Crippen LogP) is 5.67. The number of rotatable bonds is 2. The van der Waals surface area contributed by atoms with Crippen LogP contribution in [0, 0.1) is 48.2 Å². The fourth-order valence-corrected chi connectivity index (χ4v) is 4.09. The quantitative estimate of drug-likeness (QED) is 0.468. The maximum atomic E-state index is 4.20. The molecule has 25 heavy (non-hydrogen) atoms. The van der Waals surface area contributed by atoms with Crippen molar-refractivity contribution in [2.45, 2.75) is 41.5 Å². The average Bonchev–Trinajstić information content (AvgIpc) is 2.96. The molecule has 139 valence electrons. The van der Waals surface area contributed by atoms with Crippen molar-refractivity contribution >= 4 is 21.5 Å². The van der Waals surface area contributed by atoms with E-state index in [1.54, 1.807) is 0 Å². The summed E-state index contributed by atoms with van der Waals surface area (Å²) in [5, 5.41) is 0. The number of aryl methyl sites for hydroxylation is 6. The van der Waals surface area contributed by atoms with Gasteiger partial charge in [-0.1, -0.05) is 35.4 Å². The number of halogens is 1. The van der Waals surface area contributed by atoms with Gasteiger partial charge in [-0.25, -0.2) is 0 Å². The molecule has 0 N–H and O–H groups in total. The summed E-state index contributed by atoms with van der Waals surface area (Å²) < 4.78 is 0. The Morgan fingerprint density at radius 3 is 1.24 bits per heavy atom. The molecule has 0 atom stereocenters. The summed E-state index contributed by atoms with van der Waals surface area (Å²) in [6.45, 7) is 17.6. The first kappa shape index (κ1) is 20.2. The predicted molar refractivity (Wildman–Crippen MR) is 106 cm³/mol. The van der Waals surface area contributed by atoms with Gasteiger partial charge in [0.05, 0.1) is 0 Å². The normalized spacial score (nSPS) is 13.8. The van der Waals surface area contributed by atoms with E-state index in [9.17, 15) is 0 Å². The van der Waals surface area contributed by atoms with E-state index in [0.717, 1.165) is 13.1 Å². The van der Waals surface area contributed by atoms with Gasteiger partial charge in [0.25, 0.3) is 0 Å². The Kier molecular flexibility index (Phi) is 6.85. The van der Waals surface area contributed by atoms with Crippen LogP contribution in [0.25, 0.3) is 0 Å². The molecule has 0 unspecified atom stereocenters. The van der Waals surface area contributed by atoms with Crippen LogP contribution in [-0.4, -0.2) is 13.1 Å². The van der Waals surface area contributed by atoms with Gasteiger partial charge in [0, 0.05) is 24.5 Å². The molecule has 1 saturated heterocycles. The molecule has 3 rings (SSSR count). The molecule has 1 heterocycles. The third kappa shape index (κ3) is 4.34. The number of hydrogen-bond acceptors (Lipinski definition) is 2. The Morgan fingerprint density at radius 1 is 0.680 bits per heavy atom. The van der Waals surface area contributed by atoms with Crippen molar-refractivity contribution in [2.75, 3.05) is 22.9 Å². The first-order chi connectivity index (χ1) is 11.9. The monoisotopic (exact) mass is 405 g/mol. The van der Waals surface area contributed by atoms with Crippen LogP contribution in [0.5, 0.6) is 0 Å². The standard InChI is InChI=1S/C21H27N2.ClH.Cu/c1-14-9-16(3)20(17(4)10-14)22-7-8-23(13-22)21-18(5)11-15(2)12-19(21)6;;/h9-13H,7-8H2,1-6H3;1H;/q-1;;+2/p-1. The van der Waals surface area contributed by atoms with E-state index in [0.29, 0.717) is 0 Å². The summed E-state index contributed by atoms with van der Waals surface area (Å²) >= 11 is 3.66. The van der Waals surface area contributed by atoms with Crippen molar-refractivity contribution < 1.29 is 15.1 Å². The average molecular weight is 406 g/mol. The van der Waals surface area contributed by atoms with Crippen LogP contribution in [0.4, 0.5) is 11.4 Å². The topological polar surface area (TPSA) is 6.48 Å². The van der Waals surface area contributed by atoms with Crippen LogP contribution in [0.2, 0.25) is 0 Å². The fourth-order valence-electron chi connectivity index (χ4n) is 4.09. The summed E-state index contributed by atoms with van der Waals surface area (Å²) in [7, 11) is 4.20. The van der Waals surface area contributed by atoms with E-state index in [4.69, 9.17) is 0 Å². The van der Waals surface area contributed by atoms with Crippen molar-refractivity contribution in [2.24, 2.45) is 0 Å². The third-order valence-electron chi connectivity index (χ3n) is 4.71. The Morgan fingerprint density at radius 2 is 0.960 bits per heavy atom. The molecule has 4 heteroatoms. The molecule has 2 nitrogen and oxygen atoms in total. The number of anilines is 2. The fraction of sp³-hybridized carbons (Fsp3) is 0.381. The first-order valence-corrected chi connectivity index (χ1v) is 9.82. The van der Waals surface area contributed by atoms with Gasteiger partial charge in [-0.2, -0.15) is 6.67 Å². The summed E-state index contributed by atoms with van der Waals surface area (Å²) in [6.07, 6.45) is 0. The molecule has 0 aromatic heterocycles. The van der Waals surface area contributed by atoms with Gasteiger partial charge in [0.1, 0.15) is 0 Å². The Balaban J connectivity index is 0.00000109. The number of benzene rings is 2. The van der Waals surface area contributed by atoms with Crippen LogP contribution in [0.15, 0.2) is 24.3 Å². The second-order valence-corrected chi connectivity index (χ2v) is 7.00. The summed E-state index contributed by atoms with van der Waals surface area (Å²) in [4.78, 5) is 4.81. The second-order valence-electron chi connectivity index (χ2n) is 7.00. The van der Waals surface area contributed by atoms with Gasteiger partial charge < -0.3 is 9.80 Å². The van der Waals surface area contributed by atoms with Crippen LogP contribution >= 0.6 is 10.1 Å². The molecule has 0 aliphatic carbocycles. The van der Waals surface area contributed by atoms with Crippen LogP contribution in [-0.2, 0) is 15.1 Å². The molecular formula is C21H27ClCuN2. The van der Waals surface area contributed by atoms with Crippen LogP contribution < -0.4 is 9.80 Å². The van der Waals surface area contributed by atoms with Crippen LogP contribution in [0.3, 0.4) is 0 Å². The van der Waals surface area contributed by atoms with E-state index < -0.39 is 0 Å². The van der Waals surface area contributed by atoms with Gasteiger partial charge in [0.15, 0.2) is 0 Å². The molecule has 1 aliphatic heterocycles. The summed E-state index contributed by atoms with van der Waals surface area (Å²) in [5.74, 6) is 0. The molecule has 2 aromatic rings. The zero-order valence-electron chi connectivity index (χ0n) is 15.9. The SMILES string of the molecule is Cc1cc(C)c(N2[CH-]N(c3c(C)cc(C)cc3C)CC2)c(C)c1.[Cl][Cu+]. The molecular weight excluding hydrogens is 379 g/mol. The van der Waals surface area contributed by atoms with E-state index in [1.165, 1.54) is 44.8 Å². The second kappa shape index (κ2) is 8.49. The number of hydrogen-bond donors (Lipinski definition) is 0. The van der Waals surface area contributed by atoms with Crippen molar-refractivity contribution in [3.05, 3.63) is 64.3 Å². The van der Waals surface area contributed by atoms with Crippen molar-refractivity contribution in [3.8, 4) is 0 Å². The molecule has 0 saturated carbocycles. The van der Waals surface area contributed by atoms with E-state index in [-0.39, 0.29) is 0 Å². The first-order valence-electron chi connectivity index (χ1n) is 8.52. The molecule has 1 aliphatic rings. The molecule has 2 aromatic carbocycles. The minimum atomic E-state index is 1.04. The minimum absolute atomic E-state index is 1.04. The molecule has 0 amide bonds. The van der Waals surface area contributed by atoms with Crippen LogP contribution in [0.1, 0.15) is 33.4 Å². The van der Waals surface area contributed by atoms with Crippen molar-refractivity contribution in [3.63, 3.8) is 0 Å². The summed E-state index contributed by atoms with van der Waals surface area (Å²) in [6, 6.07) is 9.12. The van der Waals surface area contributed by atoms with E-state index >= 15 is 0 Å².